The van der Waals surface area contributed by atoms with Crippen molar-refractivity contribution in [2.45, 2.75) is 31.3 Å². The van der Waals surface area contributed by atoms with E-state index in [1.807, 2.05) is 11.4 Å². The highest BCUT2D eigenvalue weighted by molar-refractivity contribution is 7.13. The number of hydrogen-bond acceptors (Lipinski definition) is 4. The Bertz CT molecular complexity index is 601. The van der Waals surface area contributed by atoms with Crippen molar-refractivity contribution in [1.82, 2.24) is 9.88 Å². The van der Waals surface area contributed by atoms with Crippen LogP contribution >= 0.6 is 22.9 Å². The maximum absolute atomic E-state index is 9.47. The highest BCUT2D eigenvalue weighted by atomic mass is 35.5. The maximum atomic E-state index is 9.47. The second-order valence-corrected chi connectivity index (χ2v) is 6.51. The lowest BCUT2D eigenvalue weighted by molar-refractivity contribution is 0.154. The first kappa shape index (κ1) is 15.0. The molecule has 1 aliphatic heterocycles. The first-order chi connectivity index (χ1) is 10.3. The molecule has 0 spiro atoms. The summed E-state index contributed by atoms with van der Waals surface area (Å²) in [6.45, 7) is 2.18. The average Bonchev–Trinajstić information content (AvgIpc) is 3.16. The molecule has 3 nitrogen and oxygen atoms in total. The molecule has 1 atom stereocenters. The maximum Gasteiger partial charge on any atom is 0.123 e. The van der Waals surface area contributed by atoms with Crippen molar-refractivity contribution in [1.29, 1.82) is 0 Å². The van der Waals surface area contributed by atoms with Crippen molar-refractivity contribution < 1.29 is 5.11 Å². The number of rotatable bonds is 5. The summed E-state index contributed by atoms with van der Waals surface area (Å²) in [7, 11) is 0. The lowest BCUT2D eigenvalue weighted by Gasteiger charge is -2.23. The Balaban J connectivity index is 1.85. The van der Waals surface area contributed by atoms with Gasteiger partial charge in [-0.3, -0.25) is 4.90 Å². The Morgan fingerprint density at radius 2 is 2.24 bits per heavy atom. The molecule has 1 fully saturated rings. The van der Waals surface area contributed by atoms with Crippen LogP contribution in [0.15, 0.2) is 29.6 Å². The first-order valence-electron chi connectivity index (χ1n) is 7.25. The molecule has 1 aromatic heterocycles. The van der Waals surface area contributed by atoms with Crippen LogP contribution in [0.5, 0.6) is 0 Å². The van der Waals surface area contributed by atoms with E-state index >= 15 is 0 Å². The molecule has 2 heterocycles. The van der Waals surface area contributed by atoms with E-state index in [0.29, 0.717) is 11.9 Å². The molecule has 3 rings (SSSR count). The van der Waals surface area contributed by atoms with Crippen molar-refractivity contribution in [2.75, 3.05) is 13.2 Å². The molecule has 0 saturated carbocycles. The summed E-state index contributed by atoms with van der Waals surface area (Å²) in [6, 6.07) is 8.69. The Kier molecular flexibility index (Phi) is 4.91. The van der Waals surface area contributed by atoms with E-state index in [2.05, 4.69) is 28.1 Å². The minimum absolute atomic E-state index is 0.246. The highest BCUT2D eigenvalue weighted by Crippen LogP contribution is 2.30. The van der Waals surface area contributed by atoms with Gasteiger partial charge in [-0.1, -0.05) is 24.3 Å². The molecule has 0 aliphatic carbocycles. The minimum Gasteiger partial charge on any atom is -0.395 e. The van der Waals surface area contributed by atoms with E-state index in [9.17, 15) is 5.11 Å². The van der Waals surface area contributed by atoms with E-state index in [1.54, 1.807) is 11.3 Å². The van der Waals surface area contributed by atoms with Gasteiger partial charge in [-0.2, -0.15) is 0 Å². The van der Waals surface area contributed by atoms with Crippen LogP contribution in [0.1, 0.15) is 24.1 Å². The van der Waals surface area contributed by atoms with Crippen LogP contribution in [0.4, 0.5) is 0 Å². The molecule has 112 valence electrons. The third-order valence-corrected chi connectivity index (χ3v) is 5.22. The zero-order valence-corrected chi connectivity index (χ0v) is 13.4. The van der Waals surface area contributed by atoms with Crippen LogP contribution in [-0.4, -0.2) is 34.2 Å². The topological polar surface area (TPSA) is 36.4 Å². The molecule has 1 unspecified atom stereocenters. The standard InChI is InChI=1S/C16H19ClN2OS/c17-8-13-11-21-16(18-13)15-6-2-1-4-12(15)9-19-7-3-5-14(19)10-20/h1-2,4,6,11,14,20H,3,5,7-10H2. The van der Waals surface area contributed by atoms with Gasteiger partial charge in [-0.05, 0) is 24.9 Å². The van der Waals surface area contributed by atoms with Crippen LogP contribution in [0, 0.1) is 0 Å². The van der Waals surface area contributed by atoms with Gasteiger partial charge in [0.05, 0.1) is 18.2 Å². The molecule has 1 aromatic carbocycles. The van der Waals surface area contributed by atoms with Gasteiger partial charge in [-0.25, -0.2) is 4.98 Å². The fourth-order valence-electron chi connectivity index (χ4n) is 2.89. The van der Waals surface area contributed by atoms with Gasteiger partial charge in [0.15, 0.2) is 0 Å². The summed E-state index contributed by atoms with van der Waals surface area (Å²) < 4.78 is 0. The van der Waals surface area contributed by atoms with E-state index in [1.165, 1.54) is 17.5 Å². The lowest BCUT2D eigenvalue weighted by atomic mass is 10.1. The van der Waals surface area contributed by atoms with Crippen molar-refractivity contribution in [2.24, 2.45) is 0 Å². The number of likely N-dealkylation sites (tertiary alicyclic amines) is 1. The average molecular weight is 323 g/mol. The van der Waals surface area contributed by atoms with Gasteiger partial charge < -0.3 is 5.11 Å². The summed E-state index contributed by atoms with van der Waals surface area (Å²) in [4.78, 5) is 6.96. The second-order valence-electron chi connectivity index (χ2n) is 5.38. The molecule has 2 aromatic rings. The van der Waals surface area contributed by atoms with Crippen LogP contribution in [0.2, 0.25) is 0 Å². The normalized spacial score (nSPS) is 19.2. The summed E-state index contributed by atoms with van der Waals surface area (Å²) in [5, 5.41) is 12.5. The largest absolute Gasteiger partial charge is 0.395 e. The number of nitrogens with zero attached hydrogens (tertiary/aromatic N) is 2. The molecular weight excluding hydrogens is 304 g/mol. The fourth-order valence-corrected chi connectivity index (χ4v) is 4.00. The monoisotopic (exact) mass is 322 g/mol. The predicted molar refractivity (Wildman–Crippen MR) is 87.6 cm³/mol. The first-order valence-corrected chi connectivity index (χ1v) is 8.66. The highest BCUT2D eigenvalue weighted by Gasteiger charge is 2.24. The number of aromatic nitrogens is 1. The van der Waals surface area contributed by atoms with Crippen molar-refractivity contribution >= 4 is 22.9 Å². The number of aliphatic hydroxyl groups excluding tert-OH is 1. The van der Waals surface area contributed by atoms with E-state index in [-0.39, 0.29) is 6.61 Å². The smallest absolute Gasteiger partial charge is 0.123 e. The SMILES string of the molecule is OCC1CCCN1Cc1ccccc1-c1nc(CCl)cs1. The number of thiazole rings is 1. The zero-order chi connectivity index (χ0) is 14.7. The van der Waals surface area contributed by atoms with Crippen LogP contribution in [0.3, 0.4) is 0 Å². The van der Waals surface area contributed by atoms with Gasteiger partial charge in [0.25, 0.3) is 0 Å². The second kappa shape index (κ2) is 6.88. The summed E-state index contributed by atoms with van der Waals surface area (Å²) in [6.07, 6.45) is 2.26. The Morgan fingerprint density at radius 1 is 1.38 bits per heavy atom. The molecule has 5 heteroatoms. The predicted octanol–water partition coefficient (Wildman–Crippen LogP) is 3.51. The number of halogens is 1. The zero-order valence-electron chi connectivity index (χ0n) is 11.8. The van der Waals surface area contributed by atoms with E-state index in [0.717, 1.165) is 30.2 Å². The lowest BCUT2D eigenvalue weighted by Crippen LogP contribution is -2.31. The summed E-state index contributed by atoms with van der Waals surface area (Å²) >= 11 is 7.49. The van der Waals surface area contributed by atoms with Gasteiger partial charge in [0, 0.05) is 23.5 Å². The van der Waals surface area contributed by atoms with Gasteiger partial charge in [-0.15, -0.1) is 22.9 Å². The molecule has 1 N–H and O–H groups in total. The van der Waals surface area contributed by atoms with Crippen LogP contribution in [0.25, 0.3) is 10.6 Å². The van der Waals surface area contributed by atoms with Crippen molar-refractivity contribution in [3.8, 4) is 10.6 Å². The van der Waals surface area contributed by atoms with Crippen molar-refractivity contribution in [3.05, 3.63) is 40.9 Å². The minimum atomic E-state index is 0.246. The van der Waals surface area contributed by atoms with Crippen LogP contribution in [-0.2, 0) is 12.4 Å². The molecule has 0 radical (unpaired) electrons. The number of hydrogen-bond donors (Lipinski definition) is 1. The molecule has 1 saturated heterocycles. The third kappa shape index (κ3) is 3.29. The van der Waals surface area contributed by atoms with E-state index in [4.69, 9.17) is 11.6 Å². The van der Waals surface area contributed by atoms with Gasteiger partial charge in [0.1, 0.15) is 5.01 Å². The van der Waals surface area contributed by atoms with Crippen molar-refractivity contribution in [3.63, 3.8) is 0 Å². The van der Waals surface area contributed by atoms with E-state index < -0.39 is 0 Å². The van der Waals surface area contributed by atoms with Gasteiger partial charge in [0.2, 0.25) is 0 Å². The fraction of sp³-hybridized carbons (Fsp3) is 0.438. The molecule has 0 bridgehead atoms. The van der Waals surface area contributed by atoms with Gasteiger partial charge >= 0.3 is 0 Å². The summed E-state index contributed by atoms with van der Waals surface area (Å²) in [5.41, 5.74) is 3.39. The number of aliphatic hydroxyl groups is 1. The summed E-state index contributed by atoms with van der Waals surface area (Å²) in [5.74, 6) is 0.456. The van der Waals surface area contributed by atoms with Crippen LogP contribution < -0.4 is 0 Å². The molecular formula is C16H19ClN2OS. The Labute approximate surface area is 134 Å². The Morgan fingerprint density at radius 3 is 3.00 bits per heavy atom. The molecule has 1 aliphatic rings. The molecule has 0 amide bonds. The Hall–Kier alpha value is -0.940. The molecule has 21 heavy (non-hydrogen) atoms. The number of alkyl halides is 1. The number of benzene rings is 1. The quantitative estimate of drug-likeness (QED) is 0.856. The third-order valence-electron chi connectivity index (χ3n) is 4.02.